The Bertz CT molecular complexity index is 2380. The minimum atomic E-state index is -0.811. The van der Waals surface area contributed by atoms with Gasteiger partial charge >= 0.3 is 5.97 Å². The van der Waals surface area contributed by atoms with Crippen molar-refractivity contribution < 1.29 is 28.5 Å². The molecule has 274 valence electrons. The van der Waals surface area contributed by atoms with Crippen molar-refractivity contribution in [3.05, 3.63) is 139 Å². The van der Waals surface area contributed by atoms with Gasteiger partial charge in [-0.2, -0.15) is 0 Å². The van der Waals surface area contributed by atoms with Gasteiger partial charge in [0.2, 0.25) is 0 Å². The van der Waals surface area contributed by atoms with E-state index in [1.165, 1.54) is 11.3 Å². The predicted octanol–water partition coefficient (Wildman–Crippen LogP) is 7.45. The molecule has 10 heteroatoms. The number of hydrogen-bond acceptors (Lipinski definition) is 9. The number of carbonyl (C=O) groups excluding carboxylic acids is 1. The summed E-state index contributed by atoms with van der Waals surface area (Å²) in [6, 6.07) is 22.9. The first-order valence-corrected chi connectivity index (χ1v) is 18.5. The molecule has 0 spiro atoms. The molecule has 0 fully saturated rings. The lowest BCUT2D eigenvalue weighted by Gasteiger charge is -2.25. The van der Waals surface area contributed by atoms with Gasteiger partial charge in [-0.05, 0) is 98.8 Å². The van der Waals surface area contributed by atoms with Crippen LogP contribution in [0.25, 0.3) is 16.8 Å². The van der Waals surface area contributed by atoms with E-state index in [0.717, 1.165) is 27.5 Å². The van der Waals surface area contributed by atoms with E-state index in [4.69, 9.17) is 28.7 Å². The number of ether oxygens (including phenoxy) is 5. The predicted molar refractivity (Wildman–Crippen MR) is 209 cm³/mol. The van der Waals surface area contributed by atoms with Crippen molar-refractivity contribution >= 4 is 34.2 Å². The van der Waals surface area contributed by atoms with Crippen LogP contribution in [0.15, 0.2) is 107 Å². The van der Waals surface area contributed by atoms with Crippen LogP contribution in [0.2, 0.25) is 0 Å². The molecule has 0 aliphatic carbocycles. The van der Waals surface area contributed by atoms with E-state index in [1.54, 1.807) is 37.7 Å². The number of benzene rings is 4. The largest absolute Gasteiger partial charge is 0.493 e. The lowest BCUT2D eigenvalue weighted by atomic mass is 9.95. The Hall–Kier alpha value is -5.61. The number of aromatic nitrogens is 1. The van der Waals surface area contributed by atoms with Gasteiger partial charge in [-0.25, -0.2) is 9.79 Å². The summed E-state index contributed by atoms with van der Waals surface area (Å²) in [4.78, 5) is 33.1. The molecule has 0 bridgehead atoms. The molecule has 1 aliphatic heterocycles. The molecule has 2 heterocycles. The third-order valence-electron chi connectivity index (χ3n) is 8.75. The number of fused-ring (bicyclic) bond motifs is 2. The van der Waals surface area contributed by atoms with E-state index in [1.807, 2.05) is 69.3 Å². The molecule has 53 heavy (non-hydrogen) atoms. The highest BCUT2D eigenvalue weighted by molar-refractivity contribution is 7.07. The normalized spacial score (nSPS) is 14.2. The molecule has 0 radical (unpaired) electrons. The summed E-state index contributed by atoms with van der Waals surface area (Å²) < 4.78 is 31.8. The number of esters is 1. The monoisotopic (exact) mass is 732 g/mol. The van der Waals surface area contributed by atoms with Gasteiger partial charge in [-0.1, -0.05) is 65.9 Å². The van der Waals surface area contributed by atoms with E-state index < -0.39 is 12.0 Å². The number of thiazole rings is 1. The molecule has 6 rings (SSSR count). The van der Waals surface area contributed by atoms with Gasteiger partial charge in [0.25, 0.3) is 5.56 Å². The van der Waals surface area contributed by atoms with Gasteiger partial charge in [0.15, 0.2) is 27.8 Å². The second-order valence-corrected chi connectivity index (χ2v) is 13.7. The SMILES string of the molecule is C=CCc1cc(/C=c2\sc3n(c2=O)[C@@H](c2ccc(OC(C)C)c(OC)c2)C(C(=O)OCC)=C(C)N=3)cc(OCC)c1OCc1cccc2ccccc12. The number of allylic oxidation sites excluding steroid dienone is 2. The van der Waals surface area contributed by atoms with Crippen LogP contribution in [-0.4, -0.2) is 37.0 Å². The minimum Gasteiger partial charge on any atom is -0.493 e. The Labute approximate surface area is 313 Å². The zero-order valence-electron chi connectivity index (χ0n) is 30.9. The third-order valence-corrected chi connectivity index (χ3v) is 9.73. The highest BCUT2D eigenvalue weighted by Gasteiger charge is 2.34. The summed E-state index contributed by atoms with van der Waals surface area (Å²) >= 11 is 1.25. The van der Waals surface area contributed by atoms with Crippen molar-refractivity contribution in [2.75, 3.05) is 20.3 Å². The Kier molecular flexibility index (Phi) is 11.5. The van der Waals surface area contributed by atoms with Crippen molar-refractivity contribution in [1.29, 1.82) is 0 Å². The number of hydrogen-bond donors (Lipinski definition) is 0. The highest BCUT2D eigenvalue weighted by atomic mass is 32.1. The number of rotatable bonds is 14. The van der Waals surface area contributed by atoms with Gasteiger partial charge in [-0.15, -0.1) is 6.58 Å². The topological polar surface area (TPSA) is 97.6 Å². The number of nitrogens with zero attached hydrogens (tertiary/aromatic N) is 2. The van der Waals surface area contributed by atoms with Crippen LogP contribution < -0.4 is 33.8 Å². The lowest BCUT2D eigenvalue weighted by Crippen LogP contribution is -2.40. The molecule has 5 aromatic rings. The lowest BCUT2D eigenvalue weighted by molar-refractivity contribution is -0.139. The Morgan fingerprint density at radius 2 is 1.75 bits per heavy atom. The summed E-state index contributed by atoms with van der Waals surface area (Å²) in [6.07, 6.45) is 4.09. The molecule has 1 aromatic heterocycles. The molecule has 0 unspecified atom stereocenters. The first-order valence-electron chi connectivity index (χ1n) is 17.7. The molecule has 0 saturated heterocycles. The quantitative estimate of drug-likeness (QED) is 0.0865. The fourth-order valence-electron chi connectivity index (χ4n) is 6.53. The van der Waals surface area contributed by atoms with Gasteiger partial charge in [-0.3, -0.25) is 9.36 Å². The maximum absolute atomic E-state index is 14.4. The Morgan fingerprint density at radius 3 is 2.49 bits per heavy atom. The molecular weight excluding hydrogens is 689 g/mol. The third kappa shape index (κ3) is 7.78. The van der Waals surface area contributed by atoms with Crippen LogP contribution in [0.5, 0.6) is 23.0 Å². The van der Waals surface area contributed by atoms with Gasteiger partial charge in [0.05, 0.1) is 48.3 Å². The van der Waals surface area contributed by atoms with Gasteiger partial charge in [0.1, 0.15) is 6.61 Å². The fraction of sp³-hybridized carbons (Fsp3) is 0.279. The van der Waals surface area contributed by atoms with Gasteiger partial charge < -0.3 is 23.7 Å². The summed E-state index contributed by atoms with van der Waals surface area (Å²) in [5.41, 5.74) is 3.80. The van der Waals surface area contributed by atoms with Crippen molar-refractivity contribution in [2.24, 2.45) is 4.99 Å². The van der Waals surface area contributed by atoms with Crippen LogP contribution in [0.4, 0.5) is 0 Å². The van der Waals surface area contributed by atoms with E-state index in [9.17, 15) is 9.59 Å². The van der Waals surface area contributed by atoms with Crippen molar-refractivity contribution in [3.8, 4) is 23.0 Å². The second kappa shape index (κ2) is 16.4. The maximum Gasteiger partial charge on any atom is 0.338 e. The van der Waals surface area contributed by atoms with Crippen LogP contribution in [0, 0.1) is 0 Å². The van der Waals surface area contributed by atoms with E-state index in [2.05, 4.69) is 30.8 Å². The van der Waals surface area contributed by atoms with E-state index >= 15 is 0 Å². The maximum atomic E-state index is 14.4. The van der Waals surface area contributed by atoms with Crippen molar-refractivity contribution in [1.82, 2.24) is 4.57 Å². The van der Waals surface area contributed by atoms with Crippen LogP contribution in [-0.2, 0) is 22.6 Å². The molecule has 0 N–H and O–H groups in total. The zero-order chi connectivity index (χ0) is 37.6. The molecule has 0 amide bonds. The highest BCUT2D eigenvalue weighted by Crippen LogP contribution is 2.38. The first-order chi connectivity index (χ1) is 25.7. The smallest absolute Gasteiger partial charge is 0.338 e. The number of methoxy groups -OCH3 is 1. The van der Waals surface area contributed by atoms with E-state index in [0.29, 0.717) is 63.2 Å². The fourth-order valence-corrected chi connectivity index (χ4v) is 7.58. The summed E-state index contributed by atoms with van der Waals surface area (Å²) in [7, 11) is 1.56. The van der Waals surface area contributed by atoms with E-state index in [-0.39, 0.29) is 23.8 Å². The molecular formula is C43H44N2O7S. The summed E-state index contributed by atoms with van der Waals surface area (Å²) in [5.74, 6) is 1.70. The molecule has 9 nitrogen and oxygen atoms in total. The van der Waals surface area contributed by atoms with Crippen molar-refractivity contribution in [3.63, 3.8) is 0 Å². The average Bonchev–Trinajstić information content (AvgIpc) is 3.44. The van der Waals surface area contributed by atoms with Crippen LogP contribution in [0.3, 0.4) is 0 Å². The second-order valence-electron chi connectivity index (χ2n) is 12.7. The van der Waals surface area contributed by atoms with Gasteiger partial charge in [0, 0.05) is 5.56 Å². The van der Waals surface area contributed by atoms with Crippen LogP contribution >= 0.6 is 11.3 Å². The summed E-state index contributed by atoms with van der Waals surface area (Å²) in [6.45, 7) is 14.2. The summed E-state index contributed by atoms with van der Waals surface area (Å²) in [5, 5.41) is 2.27. The van der Waals surface area contributed by atoms with Crippen LogP contribution in [0.1, 0.15) is 62.9 Å². The first kappa shape index (κ1) is 37.2. The molecule has 1 atom stereocenters. The number of carbonyl (C=O) groups is 1. The Morgan fingerprint density at radius 1 is 0.962 bits per heavy atom. The average molecular weight is 733 g/mol. The standard InChI is InChI=1S/C43H44N2O7S/c1-8-14-31-21-28(22-36(49-9-2)40(31)51-25-32-17-13-16-29-15-11-12-18-33(29)32)23-37-41(46)45-39(30-19-20-34(52-26(4)5)35(24-30)48-7)38(42(47)50-10-3)27(6)44-43(45)53-37/h8,11-13,15-24,26,39H,1,9-10,14,25H2,2-7H3/b37-23-/t39-/m0/s1. The van der Waals surface area contributed by atoms with Crippen molar-refractivity contribution in [2.45, 2.75) is 59.8 Å². The minimum absolute atomic E-state index is 0.0790. The zero-order valence-corrected chi connectivity index (χ0v) is 31.8. The molecule has 0 saturated carbocycles. The Balaban J connectivity index is 1.45. The molecule has 4 aromatic carbocycles. The molecule has 1 aliphatic rings.